The highest BCUT2D eigenvalue weighted by Gasteiger charge is 2.18. The zero-order valence-electron chi connectivity index (χ0n) is 13.4. The molecule has 0 N–H and O–H groups in total. The normalized spacial score (nSPS) is 12.7. The van der Waals surface area contributed by atoms with Crippen LogP contribution in [0.15, 0.2) is 24.3 Å². The first-order chi connectivity index (χ1) is 9.99. The number of pyridine rings is 1. The zero-order chi connectivity index (χ0) is 15.6. The van der Waals surface area contributed by atoms with E-state index < -0.39 is 0 Å². The van der Waals surface area contributed by atoms with Gasteiger partial charge in [0.15, 0.2) is 5.78 Å². The van der Waals surface area contributed by atoms with Crippen LogP contribution in [0.2, 0.25) is 0 Å². The first-order valence-electron chi connectivity index (χ1n) is 7.51. The maximum Gasteiger partial charge on any atom is 0.166 e. The maximum atomic E-state index is 12.5. The van der Waals surface area contributed by atoms with E-state index in [0.717, 1.165) is 28.6 Å². The Bertz CT molecular complexity index is 662. The van der Waals surface area contributed by atoms with E-state index in [1.54, 1.807) is 7.11 Å². The highest BCUT2D eigenvalue weighted by Crippen LogP contribution is 2.30. The molecule has 21 heavy (non-hydrogen) atoms. The molecule has 0 amide bonds. The van der Waals surface area contributed by atoms with Crippen molar-refractivity contribution in [2.75, 3.05) is 7.11 Å². The monoisotopic (exact) mass is 285 g/mol. The van der Waals surface area contributed by atoms with Gasteiger partial charge in [0.05, 0.1) is 7.11 Å². The molecule has 1 atom stereocenters. The molecule has 1 unspecified atom stereocenters. The van der Waals surface area contributed by atoms with Crippen LogP contribution in [0.1, 0.15) is 56.1 Å². The Morgan fingerprint density at radius 3 is 2.48 bits per heavy atom. The largest absolute Gasteiger partial charge is 0.494 e. The summed E-state index contributed by atoms with van der Waals surface area (Å²) in [7, 11) is 1.63. The Hall–Kier alpha value is -1.90. The summed E-state index contributed by atoms with van der Waals surface area (Å²) in [4.78, 5) is 17.2. The lowest BCUT2D eigenvalue weighted by atomic mass is 9.93. The van der Waals surface area contributed by atoms with Crippen molar-refractivity contribution in [2.24, 2.45) is 5.92 Å². The second-order valence-electron chi connectivity index (χ2n) is 5.78. The average molecular weight is 285 g/mol. The minimum Gasteiger partial charge on any atom is -0.494 e. The van der Waals surface area contributed by atoms with Crippen LogP contribution in [0.25, 0.3) is 10.9 Å². The lowest BCUT2D eigenvalue weighted by Gasteiger charge is -2.14. The van der Waals surface area contributed by atoms with Gasteiger partial charge < -0.3 is 4.74 Å². The molecule has 3 nitrogen and oxygen atoms in total. The fourth-order valence-electron chi connectivity index (χ4n) is 2.36. The van der Waals surface area contributed by atoms with Crippen LogP contribution in [0.4, 0.5) is 0 Å². The van der Waals surface area contributed by atoms with E-state index in [0.29, 0.717) is 11.7 Å². The van der Waals surface area contributed by atoms with Crippen molar-refractivity contribution >= 4 is 16.7 Å². The Labute approximate surface area is 126 Å². The number of ketones is 1. The summed E-state index contributed by atoms with van der Waals surface area (Å²) in [6.45, 7) is 8.21. The Balaban J connectivity index is 2.67. The van der Waals surface area contributed by atoms with Crippen LogP contribution in [-0.4, -0.2) is 17.9 Å². The van der Waals surface area contributed by atoms with Crippen LogP contribution >= 0.6 is 0 Å². The van der Waals surface area contributed by atoms with Crippen molar-refractivity contribution in [3.63, 3.8) is 0 Å². The number of Topliss-reactive ketones (excluding diaryl/α,β-unsaturated/α-hetero) is 1. The molecule has 0 aliphatic heterocycles. The number of hydrogen-bond donors (Lipinski definition) is 0. The highest BCUT2D eigenvalue weighted by molar-refractivity contribution is 6.09. The van der Waals surface area contributed by atoms with Crippen molar-refractivity contribution in [1.29, 1.82) is 0 Å². The summed E-state index contributed by atoms with van der Waals surface area (Å²) in [6, 6.07) is 7.69. The molecular weight excluding hydrogens is 262 g/mol. The van der Waals surface area contributed by atoms with Crippen LogP contribution < -0.4 is 4.74 Å². The molecule has 0 radical (unpaired) electrons. The van der Waals surface area contributed by atoms with E-state index in [-0.39, 0.29) is 11.7 Å². The summed E-state index contributed by atoms with van der Waals surface area (Å²) in [5.74, 6) is 1.25. The summed E-state index contributed by atoms with van der Waals surface area (Å²) >= 11 is 0. The summed E-state index contributed by atoms with van der Waals surface area (Å²) in [6.07, 6.45) is 0.837. The number of ether oxygens (including phenoxy) is 1. The molecule has 0 aliphatic rings. The van der Waals surface area contributed by atoms with E-state index >= 15 is 0 Å². The van der Waals surface area contributed by atoms with Gasteiger partial charge in [-0.2, -0.15) is 0 Å². The lowest BCUT2D eigenvalue weighted by Crippen LogP contribution is -2.11. The Morgan fingerprint density at radius 1 is 1.19 bits per heavy atom. The third-order valence-corrected chi connectivity index (χ3v) is 3.98. The molecule has 0 saturated carbocycles. The number of hydrogen-bond acceptors (Lipinski definition) is 3. The predicted molar refractivity (Wildman–Crippen MR) is 86.2 cm³/mol. The van der Waals surface area contributed by atoms with E-state index in [1.807, 2.05) is 38.1 Å². The molecule has 2 aromatic rings. The van der Waals surface area contributed by atoms with Gasteiger partial charge in [-0.1, -0.05) is 33.8 Å². The lowest BCUT2D eigenvalue weighted by molar-refractivity contribution is 0.0929. The van der Waals surface area contributed by atoms with Crippen molar-refractivity contribution in [3.8, 4) is 5.75 Å². The maximum absolute atomic E-state index is 12.5. The zero-order valence-corrected chi connectivity index (χ0v) is 13.4. The van der Waals surface area contributed by atoms with E-state index in [9.17, 15) is 4.79 Å². The standard InChI is InChI=1S/C18H23NO2/c1-6-12(4)18(20)14-8-10-16(21-5)17-13(14)7-9-15(19-17)11(2)3/h7-12H,6H2,1-5H3. The van der Waals surface area contributed by atoms with Crippen molar-refractivity contribution in [3.05, 3.63) is 35.5 Å². The first-order valence-corrected chi connectivity index (χ1v) is 7.51. The topological polar surface area (TPSA) is 39.2 Å². The van der Waals surface area contributed by atoms with Gasteiger partial charge in [-0.05, 0) is 30.5 Å². The van der Waals surface area contributed by atoms with Gasteiger partial charge in [-0.25, -0.2) is 4.98 Å². The van der Waals surface area contributed by atoms with Gasteiger partial charge in [0.2, 0.25) is 0 Å². The molecule has 0 spiro atoms. The number of aromatic nitrogens is 1. The van der Waals surface area contributed by atoms with Gasteiger partial charge in [-0.3, -0.25) is 4.79 Å². The summed E-state index contributed by atoms with van der Waals surface area (Å²) < 4.78 is 5.41. The molecule has 1 heterocycles. The number of benzene rings is 1. The van der Waals surface area contributed by atoms with Crippen LogP contribution in [0.3, 0.4) is 0 Å². The fourth-order valence-corrected chi connectivity index (χ4v) is 2.36. The van der Waals surface area contributed by atoms with E-state index in [4.69, 9.17) is 9.72 Å². The molecular formula is C18H23NO2. The number of fused-ring (bicyclic) bond motifs is 1. The molecule has 3 heteroatoms. The fraction of sp³-hybridized carbons (Fsp3) is 0.444. The SMILES string of the molecule is CCC(C)C(=O)c1ccc(OC)c2nc(C(C)C)ccc12. The van der Waals surface area contributed by atoms with Crippen LogP contribution in [0.5, 0.6) is 5.75 Å². The van der Waals surface area contributed by atoms with Crippen LogP contribution in [0, 0.1) is 5.92 Å². The molecule has 112 valence electrons. The number of nitrogens with zero attached hydrogens (tertiary/aromatic N) is 1. The number of methoxy groups -OCH3 is 1. The smallest absolute Gasteiger partial charge is 0.166 e. The minimum absolute atomic E-state index is 0.0198. The molecule has 0 aliphatic carbocycles. The van der Waals surface area contributed by atoms with Crippen molar-refractivity contribution in [1.82, 2.24) is 4.98 Å². The van der Waals surface area contributed by atoms with Gasteiger partial charge in [0, 0.05) is 22.6 Å². The highest BCUT2D eigenvalue weighted by atomic mass is 16.5. The Kier molecular flexibility index (Phi) is 4.61. The second kappa shape index (κ2) is 6.25. The molecule has 1 aromatic heterocycles. The predicted octanol–water partition coefficient (Wildman–Crippen LogP) is 4.60. The molecule has 0 saturated heterocycles. The number of rotatable bonds is 5. The van der Waals surface area contributed by atoms with Gasteiger partial charge in [0.25, 0.3) is 0 Å². The molecule has 2 rings (SSSR count). The quantitative estimate of drug-likeness (QED) is 0.754. The number of carbonyl (C=O) groups is 1. The number of carbonyl (C=O) groups excluding carboxylic acids is 1. The molecule has 0 bridgehead atoms. The average Bonchev–Trinajstić information content (AvgIpc) is 2.51. The molecule has 1 aromatic carbocycles. The second-order valence-corrected chi connectivity index (χ2v) is 5.78. The summed E-state index contributed by atoms with van der Waals surface area (Å²) in [5, 5.41) is 0.879. The molecule has 0 fully saturated rings. The third kappa shape index (κ3) is 2.92. The van der Waals surface area contributed by atoms with E-state index in [2.05, 4.69) is 13.8 Å². The minimum atomic E-state index is 0.0198. The van der Waals surface area contributed by atoms with Gasteiger partial charge in [0.1, 0.15) is 11.3 Å². The van der Waals surface area contributed by atoms with Crippen molar-refractivity contribution < 1.29 is 9.53 Å². The third-order valence-electron chi connectivity index (χ3n) is 3.98. The van der Waals surface area contributed by atoms with Gasteiger partial charge in [-0.15, -0.1) is 0 Å². The van der Waals surface area contributed by atoms with Crippen molar-refractivity contribution in [2.45, 2.75) is 40.0 Å². The van der Waals surface area contributed by atoms with Crippen LogP contribution in [-0.2, 0) is 0 Å². The van der Waals surface area contributed by atoms with E-state index in [1.165, 1.54) is 0 Å². The summed E-state index contributed by atoms with van der Waals surface area (Å²) in [5.41, 5.74) is 2.52. The van der Waals surface area contributed by atoms with Gasteiger partial charge >= 0.3 is 0 Å². The Morgan fingerprint density at radius 2 is 1.90 bits per heavy atom. The first kappa shape index (κ1) is 15.5.